The minimum absolute atomic E-state index is 0.208. The summed E-state index contributed by atoms with van der Waals surface area (Å²) in [7, 11) is 3.09. The van der Waals surface area contributed by atoms with Crippen LogP contribution in [-0.2, 0) is 9.59 Å². The molecule has 0 saturated carbocycles. The predicted octanol–water partition coefficient (Wildman–Crippen LogP) is 3.37. The Morgan fingerprint density at radius 1 is 0.941 bits per heavy atom. The van der Waals surface area contributed by atoms with E-state index in [2.05, 4.69) is 10.2 Å². The molecule has 2 aromatic carbocycles. The van der Waals surface area contributed by atoms with Crippen molar-refractivity contribution in [3.63, 3.8) is 0 Å². The van der Waals surface area contributed by atoms with Crippen LogP contribution in [0.5, 0.6) is 17.2 Å². The van der Waals surface area contributed by atoms with Crippen molar-refractivity contribution >= 4 is 35.3 Å². The van der Waals surface area contributed by atoms with E-state index in [-0.39, 0.29) is 11.3 Å². The van der Waals surface area contributed by atoms with Crippen LogP contribution in [0.15, 0.2) is 42.0 Å². The van der Waals surface area contributed by atoms with Crippen LogP contribution >= 0.6 is 0 Å². The fourth-order valence-corrected chi connectivity index (χ4v) is 4.17. The minimum Gasteiger partial charge on any atom is -0.496 e. The van der Waals surface area contributed by atoms with E-state index in [1.807, 2.05) is 6.07 Å². The van der Waals surface area contributed by atoms with Gasteiger partial charge in [-0.1, -0.05) is 12.1 Å². The van der Waals surface area contributed by atoms with Gasteiger partial charge in [-0.3, -0.25) is 14.9 Å². The number of carbonyl (C=O) groups is 3. The van der Waals surface area contributed by atoms with Crippen molar-refractivity contribution in [3.8, 4) is 17.2 Å². The number of amides is 4. The number of hydrogen-bond acceptors (Lipinski definition) is 7. The van der Waals surface area contributed by atoms with Gasteiger partial charge in [0, 0.05) is 24.7 Å². The monoisotopic (exact) mass is 465 g/mol. The second kappa shape index (κ2) is 9.86. The molecule has 4 rings (SSSR count). The molecular formula is C25H27N3O6. The average molecular weight is 466 g/mol. The SMILES string of the molecule is CCOc1ccccc1N1C(=O)NC(=O)/C(=C\c2cc(OC)c(N3CCCC3)cc2OC)C1=O. The van der Waals surface area contributed by atoms with Gasteiger partial charge in [-0.15, -0.1) is 0 Å². The third-order valence-corrected chi connectivity index (χ3v) is 5.79. The standard InChI is InChI=1S/C25H27N3O6/c1-4-34-20-10-6-5-9-18(20)28-24(30)17(23(29)26-25(28)31)13-16-14-22(33-3)19(15-21(16)32-2)27-11-7-8-12-27/h5-6,9-10,13-15H,4,7-8,11-12H2,1-3H3,(H,26,29,31)/b17-13+. The number of methoxy groups -OCH3 is 2. The molecule has 2 aliphatic heterocycles. The van der Waals surface area contributed by atoms with Crippen LogP contribution in [0.25, 0.3) is 6.08 Å². The number of benzene rings is 2. The number of imide groups is 2. The Bertz CT molecular complexity index is 1150. The molecule has 0 unspecified atom stereocenters. The zero-order valence-electron chi connectivity index (χ0n) is 19.4. The zero-order valence-corrected chi connectivity index (χ0v) is 19.4. The summed E-state index contributed by atoms with van der Waals surface area (Å²) in [6.07, 6.45) is 3.60. The van der Waals surface area contributed by atoms with Crippen molar-refractivity contribution in [2.45, 2.75) is 19.8 Å². The first-order valence-corrected chi connectivity index (χ1v) is 11.1. The summed E-state index contributed by atoms with van der Waals surface area (Å²) in [5.41, 5.74) is 1.41. The molecule has 0 aliphatic carbocycles. The lowest BCUT2D eigenvalue weighted by molar-refractivity contribution is -0.122. The molecule has 2 aromatic rings. The van der Waals surface area contributed by atoms with Crippen molar-refractivity contribution in [1.82, 2.24) is 5.32 Å². The third-order valence-electron chi connectivity index (χ3n) is 5.79. The molecule has 2 fully saturated rings. The maximum absolute atomic E-state index is 13.4. The maximum Gasteiger partial charge on any atom is 0.336 e. The van der Waals surface area contributed by atoms with Gasteiger partial charge >= 0.3 is 6.03 Å². The Kier molecular flexibility index (Phi) is 6.72. The Labute approximate surface area is 197 Å². The molecule has 0 aromatic heterocycles. The van der Waals surface area contributed by atoms with Crippen molar-refractivity contribution in [3.05, 3.63) is 47.5 Å². The molecule has 0 radical (unpaired) electrons. The summed E-state index contributed by atoms with van der Waals surface area (Å²) < 4.78 is 16.7. The highest BCUT2D eigenvalue weighted by Gasteiger charge is 2.38. The average Bonchev–Trinajstić information content (AvgIpc) is 3.37. The molecular weight excluding hydrogens is 438 g/mol. The van der Waals surface area contributed by atoms with E-state index >= 15 is 0 Å². The topological polar surface area (TPSA) is 97.4 Å². The predicted molar refractivity (Wildman–Crippen MR) is 128 cm³/mol. The van der Waals surface area contributed by atoms with Crippen molar-refractivity contribution < 1.29 is 28.6 Å². The summed E-state index contributed by atoms with van der Waals surface area (Å²) in [6, 6.07) is 9.40. The molecule has 2 heterocycles. The van der Waals surface area contributed by atoms with Gasteiger partial charge in [0.1, 0.15) is 22.8 Å². The van der Waals surface area contributed by atoms with Crippen molar-refractivity contribution in [2.75, 3.05) is 43.7 Å². The second-order valence-corrected chi connectivity index (χ2v) is 7.82. The van der Waals surface area contributed by atoms with Crippen LogP contribution in [0, 0.1) is 0 Å². The van der Waals surface area contributed by atoms with Crippen LogP contribution < -0.4 is 29.3 Å². The smallest absolute Gasteiger partial charge is 0.336 e. The lowest BCUT2D eigenvalue weighted by Gasteiger charge is -2.28. The molecule has 9 heteroatoms. The molecule has 9 nitrogen and oxygen atoms in total. The number of carbonyl (C=O) groups excluding carboxylic acids is 3. The van der Waals surface area contributed by atoms with Gasteiger partial charge in [0.2, 0.25) is 0 Å². The number of urea groups is 1. The first kappa shape index (κ1) is 23.2. The third kappa shape index (κ3) is 4.28. The van der Waals surface area contributed by atoms with Crippen molar-refractivity contribution in [1.29, 1.82) is 0 Å². The minimum atomic E-state index is -0.840. The Morgan fingerprint density at radius 3 is 2.32 bits per heavy atom. The van der Waals surface area contributed by atoms with Gasteiger partial charge < -0.3 is 19.1 Å². The molecule has 4 amide bonds. The van der Waals surface area contributed by atoms with Crippen LogP contribution in [0.3, 0.4) is 0 Å². The number of barbiturate groups is 1. The lowest BCUT2D eigenvalue weighted by Crippen LogP contribution is -2.54. The van der Waals surface area contributed by atoms with Gasteiger partial charge in [-0.05, 0) is 44.0 Å². The van der Waals surface area contributed by atoms with E-state index in [0.29, 0.717) is 29.4 Å². The number of ether oxygens (including phenoxy) is 3. The maximum atomic E-state index is 13.4. The summed E-state index contributed by atoms with van der Waals surface area (Å²) in [5.74, 6) is -0.103. The quantitative estimate of drug-likeness (QED) is 0.495. The summed E-state index contributed by atoms with van der Waals surface area (Å²) in [5, 5.41) is 2.24. The van der Waals surface area contributed by atoms with Crippen LogP contribution in [-0.4, -0.2) is 51.8 Å². The van der Waals surface area contributed by atoms with Crippen molar-refractivity contribution in [2.24, 2.45) is 0 Å². The molecule has 2 saturated heterocycles. The highest BCUT2D eigenvalue weighted by Crippen LogP contribution is 2.38. The van der Waals surface area contributed by atoms with E-state index in [4.69, 9.17) is 14.2 Å². The fourth-order valence-electron chi connectivity index (χ4n) is 4.17. The second-order valence-electron chi connectivity index (χ2n) is 7.82. The molecule has 0 bridgehead atoms. The molecule has 34 heavy (non-hydrogen) atoms. The Hall–Kier alpha value is -4.01. The molecule has 0 spiro atoms. The number of nitrogens with zero attached hydrogens (tertiary/aromatic N) is 2. The first-order chi connectivity index (χ1) is 16.5. The summed E-state index contributed by atoms with van der Waals surface area (Å²) >= 11 is 0. The van der Waals surface area contributed by atoms with E-state index < -0.39 is 17.8 Å². The molecule has 0 atom stereocenters. The number of nitrogens with one attached hydrogen (secondary N) is 1. The van der Waals surface area contributed by atoms with Crippen LogP contribution in [0.2, 0.25) is 0 Å². The molecule has 2 aliphatic rings. The number of rotatable bonds is 7. The Balaban J connectivity index is 1.77. The van der Waals surface area contributed by atoms with E-state index in [1.165, 1.54) is 13.2 Å². The summed E-state index contributed by atoms with van der Waals surface area (Å²) in [6.45, 7) is 3.98. The Morgan fingerprint density at radius 2 is 1.65 bits per heavy atom. The van der Waals surface area contributed by atoms with Gasteiger partial charge in [0.25, 0.3) is 11.8 Å². The number of para-hydroxylation sites is 2. The molecule has 178 valence electrons. The largest absolute Gasteiger partial charge is 0.496 e. The number of anilines is 2. The van der Waals surface area contributed by atoms with E-state index in [9.17, 15) is 14.4 Å². The highest BCUT2D eigenvalue weighted by atomic mass is 16.5. The summed E-state index contributed by atoms with van der Waals surface area (Å²) in [4.78, 5) is 41.8. The van der Waals surface area contributed by atoms with Crippen LogP contribution in [0.4, 0.5) is 16.2 Å². The first-order valence-electron chi connectivity index (χ1n) is 11.1. The zero-order chi connectivity index (χ0) is 24.2. The van der Waals surface area contributed by atoms with E-state index in [1.54, 1.807) is 44.4 Å². The van der Waals surface area contributed by atoms with Crippen LogP contribution in [0.1, 0.15) is 25.3 Å². The van der Waals surface area contributed by atoms with E-state index in [0.717, 1.165) is 36.5 Å². The number of hydrogen-bond donors (Lipinski definition) is 1. The highest BCUT2D eigenvalue weighted by molar-refractivity contribution is 6.39. The molecule has 1 N–H and O–H groups in total. The van der Waals surface area contributed by atoms with Gasteiger partial charge in [0.05, 0.1) is 32.2 Å². The van der Waals surface area contributed by atoms with Gasteiger partial charge in [-0.25, -0.2) is 9.69 Å². The fraction of sp³-hybridized carbons (Fsp3) is 0.320. The van der Waals surface area contributed by atoms with Gasteiger partial charge in [0.15, 0.2) is 0 Å². The van der Waals surface area contributed by atoms with Gasteiger partial charge in [-0.2, -0.15) is 0 Å². The lowest BCUT2D eigenvalue weighted by atomic mass is 10.0. The normalized spacial score (nSPS) is 17.3.